The molecule has 0 radical (unpaired) electrons. The largest absolute Gasteiger partial charge is 0.506 e. The fourth-order valence-electron chi connectivity index (χ4n) is 1.87. The summed E-state index contributed by atoms with van der Waals surface area (Å²) >= 11 is 0. The van der Waals surface area contributed by atoms with Crippen molar-refractivity contribution in [2.45, 2.75) is 0 Å². The Morgan fingerprint density at radius 3 is 2.10 bits per heavy atom. The van der Waals surface area contributed by atoms with Gasteiger partial charge in [0.15, 0.2) is 0 Å². The van der Waals surface area contributed by atoms with Gasteiger partial charge < -0.3 is 19.3 Å². The van der Waals surface area contributed by atoms with Gasteiger partial charge in [-0.15, -0.1) is 0 Å². The Morgan fingerprint density at radius 1 is 0.952 bits per heavy atom. The van der Waals surface area contributed by atoms with Gasteiger partial charge in [0.25, 0.3) is 0 Å². The zero-order valence-corrected chi connectivity index (χ0v) is 12.2. The first-order valence-electron chi connectivity index (χ1n) is 6.31. The molecule has 1 N–H and O–H groups in total. The predicted octanol–water partition coefficient (Wildman–Crippen LogP) is 3.17. The minimum absolute atomic E-state index is 0.111. The van der Waals surface area contributed by atoms with Crippen LogP contribution in [0.1, 0.15) is 5.56 Å². The number of aromatic hydroxyl groups is 1. The van der Waals surface area contributed by atoms with Gasteiger partial charge in [0, 0.05) is 18.3 Å². The highest BCUT2D eigenvalue weighted by Crippen LogP contribution is 2.33. The van der Waals surface area contributed by atoms with Gasteiger partial charge in [-0.2, -0.15) is 0 Å². The molecule has 2 aromatic rings. The second-order valence-corrected chi connectivity index (χ2v) is 4.19. The Hall–Kier alpha value is -2.69. The summed E-state index contributed by atoms with van der Waals surface area (Å²) in [5.74, 6) is 1.89. The van der Waals surface area contributed by atoms with Crippen molar-refractivity contribution in [2.24, 2.45) is 4.99 Å². The van der Waals surface area contributed by atoms with E-state index < -0.39 is 0 Å². The van der Waals surface area contributed by atoms with E-state index in [0.29, 0.717) is 28.5 Å². The molecule has 0 aliphatic rings. The van der Waals surface area contributed by atoms with Crippen molar-refractivity contribution in [3.05, 3.63) is 42.0 Å². The third kappa shape index (κ3) is 3.25. The summed E-state index contributed by atoms with van der Waals surface area (Å²) in [5, 5.41) is 9.73. The van der Waals surface area contributed by atoms with Gasteiger partial charge in [-0.3, -0.25) is 4.99 Å². The molecule has 2 rings (SSSR count). The minimum atomic E-state index is 0.111. The van der Waals surface area contributed by atoms with Crippen LogP contribution in [0, 0.1) is 0 Å². The van der Waals surface area contributed by atoms with Gasteiger partial charge in [-0.05, 0) is 12.1 Å². The molecule has 110 valence electrons. The molecule has 0 amide bonds. The van der Waals surface area contributed by atoms with Crippen LogP contribution < -0.4 is 14.2 Å². The zero-order valence-electron chi connectivity index (χ0n) is 12.2. The lowest BCUT2D eigenvalue weighted by molar-refractivity contribution is 0.374. The van der Waals surface area contributed by atoms with Crippen molar-refractivity contribution in [3.8, 4) is 23.0 Å². The third-order valence-corrected chi connectivity index (χ3v) is 2.97. The lowest BCUT2D eigenvalue weighted by Gasteiger charge is -2.12. The SMILES string of the molecule is COc1cc(OC)c(C=Nc2ccccc2O)c(OC)c1. The molecule has 0 aliphatic heterocycles. The van der Waals surface area contributed by atoms with E-state index in [0.717, 1.165) is 0 Å². The molecule has 0 unspecified atom stereocenters. The molecule has 5 nitrogen and oxygen atoms in total. The Balaban J connectivity index is 2.45. The van der Waals surface area contributed by atoms with Crippen LogP contribution in [0.2, 0.25) is 0 Å². The van der Waals surface area contributed by atoms with Crippen LogP contribution in [0.25, 0.3) is 0 Å². The van der Waals surface area contributed by atoms with Crippen molar-refractivity contribution >= 4 is 11.9 Å². The van der Waals surface area contributed by atoms with Crippen LogP contribution in [0.3, 0.4) is 0 Å². The molecular weight excluding hydrogens is 270 g/mol. The lowest BCUT2D eigenvalue weighted by Crippen LogP contribution is -1.97. The van der Waals surface area contributed by atoms with E-state index in [1.165, 1.54) is 0 Å². The fraction of sp³-hybridized carbons (Fsp3) is 0.188. The van der Waals surface area contributed by atoms with Crippen molar-refractivity contribution in [1.29, 1.82) is 0 Å². The molecule has 0 bridgehead atoms. The summed E-state index contributed by atoms with van der Waals surface area (Å²) in [6.07, 6.45) is 1.59. The molecule has 0 aromatic heterocycles. The number of aliphatic imine (C=N–C) groups is 1. The Morgan fingerprint density at radius 2 is 1.57 bits per heavy atom. The molecule has 0 saturated heterocycles. The first-order chi connectivity index (χ1) is 10.2. The summed E-state index contributed by atoms with van der Waals surface area (Å²) in [7, 11) is 4.70. The molecular formula is C16H17NO4. The number of phenolic OH excluding ortho intramolecular Hbond substituents is 1. The predicted molar refractivity (Wildman–Crippen MR) is 81.5 cm³/mol. The van der Waals surface area contributed by atoms with Crippen LogP contribution >= 0.6 is 0 Å². The van der Waals surface area contributed by atoms with Gasteiger partial charge in [0.1, 0.15) is 28.7 Å². The number of ether oxygens (including phenoxy) is 3. The number of hydrogen-bond donors (Lipinski definition) is 1. The van der Waals surface area contributed by atoms with Gasteiger partial charge in [-0.1, -0.05) is 12.1 Å². The van der Waals surface area contributed by atoms with Crippen LogP contribution in [0.15, 0.2) is 41.4 Å². The zero-order chi connectivity index (χ0) is 15.2. The number of methoxy groups -OCH3 is 3. The van der Waals surface area contributed by atoms with E-state index >= 15 is 0 Å². The van der Waals surface area contributed by atoms with Gasteiger partial charge >= 0.3 is 0 Å². The summed E-state index contributed by atoms with van der Waals surface area (Å²) in [6.45, 7) is 0. The first kappa shape index (κ1) is 14.7. The topological polar surface area (TPSA) is 60.3 Å². The van der Waals surface area contributed by atoms with Gasteiger partial charge in [0.2, 0.25) is 0 Å². The fourth-order valence-corrected chi connectivity index (χ4v) is 1.87. The molecule has 0 saturated carbocycles. The number of para-hydroxylation sites is 2. The van der Waals surface area contributed by atoms with E-state index in [1.54, 1.807) is 63.9 Å². The van der Waals surface area contributed by atoms with E-state index in [2.05, 4.69) is 4.99 Å². The maximum absolute atomic E-state index is 9.73. The average Bonchev–Trinajstić information content (AvgIpc) is 2.53. The van der Waals surface area contributed by atoms with Crippen LogP contribution in [0.4, 0.5) is 5.69 Å². The number of benzene rings is 2. The maximum Gasteiger partial charge on any atom is 0.141 e. The van der Waals surface area contributed by atoms with Crippen molar-refractivity contribution in [2.75, 3.05) is 21.3 Å². The quantitative estimate of drug-likeness (QED) is 0.858. The van der Waals surface area contributed by atoms with Crippen LogP contribution in [0.5, 0.6) is 23.0 Å². The summed E-state index contributed by atoms with van der Waals surface area (Å²) in [4.78, 5) is 4.27. The van der Waals surface area contributed by atoms with Gasteiger partial charge in [-0.25, -0.2) is 0 Å². The molecule has 0 fully saturated rings. The molecule has 2 aromatic carbocycles. The lowest BCUT2D eigenvalue weighted by atomic mass is 10.1. The number of hydrogen-bond acceptors (Lipinski definition) is 5. The normalized spacial score (nSPS) is 10.6. The number of phenols is 1. The second kappa shape index (κ2) is 6.65. The van der Waals surface area contributed by atoms with Gasteiger partial charge in [0.05, 0.1) is 26.9 Å². The molecule has 0 atom stereocenters. The molecule has 21 heavy (non-hydrogen) atoms. The second-order valence-electron chi connectivity index (χ2n) is 4.19. The average molecular weight is 287 g/mol. The minimum Gasteiger partial charge on any atom is -0.506 e. The Bertz CT molecular complexity index is 627. The maximum atomic E-state index is 9.73. The third-order valence-electron chi connectivity index (χ3n) is 2.97. The summed E-state index contributed by atoms with van der Waals surface area (Å²) in [6, 6.07) is 10.3. The van der Waals surface area contributed by atoms with Crippen molar-refractivity contribution in [3.63, 3.8) is 0 Å². The van der Waals surface area contributed by atoms with Crippen LogP contribution in [-0.4, -0.2) is 32.7 Å². The Labute approximate surface area is 123 Å². The summed E-state index contributed by atoms with van der Waals surface area (Å²) < 4.78 is 15.9. The van der Waals surface area contributed by atoms with E-state index in [4.69, 9.17) is 14.2 Å². The highest BCUT2D eigenvalue weighted by molar-refractivity contribution is 5.90. The van der Waals surface area contributed by atoms with Crippen molar-refractivity contribution in [1.82, 2.24) is 0 Å². The molecule has 0 spiro atoms. The summed E-state index contributed by atoms with van der Waals surface area (Å²) in [5.41, 5.74) is 1.14. The molecule has 5 heteroatoms. The monoisotopic (exact) mass is 287 g/mol. The standard InChI is InChI=1S/C16H17NO4/c1-19-11-8-15(20-2)12(16(9-11)21-3)10-17-13-6-4-5-7-14(13)18/h4-10,18H,1-3H3. The molecule has 0 heterocycles. The smallest absolute Gasteiger partial charge is 0.141 e. The van der Waals surface area contributed by atoms with E-state index in [9.17, 15) is 5.11 Å². The van der Waals surface area contributed by atoms with E-state index in [-0.39, 0.29) is 5.75 Å². The number of nitrogens with zero attached hydrogens (tertiary/aromatic N) is 1. The van der Waals surface area contributed by atoms with E-state index in [1.807, 2.05) is 0 Å². The van der Waals surface area contributed by atoms with Crippen molar-refractivity contribution < 1.29 is 19.3 Å². The highest BCUT2D eigenvalue weighted by atomic mass is 16.5. The molecule has 0 aliphatic carbocycles. The van der Waals surface area contributed by atoms with Crippen LogP contribution in [-0.2, 0) is 0 Å². The number of rotatable bonds is 5. The highest BCUT2D eigenvalue weighted by Gasteiger charge is 2.11. The first-order valence-corrected chi connectivity index (χ1v) is 6.31. The Kier molecular flexibility index (Phi) is 4.66.